The number of amides is 1. The number of carbonyl (C=O) groups is 1. The van der Waals surface area contributed by atoms with Crippen LogP contribution in [-0.4, -0.2) is 5.91 Å². The number of para-hydroxylation sites is 1. The summed E-state index contributed by atoms with van der Waals surface area (Å²) in [5.74, 6) is -0.456. The fraction of sp³-hybridized carbons (Fsp3) is 0. The SMILES string of the molecule is NC(=O)c1ccccc1NS. The molecule has 1 rings (SSSR count). The van der Waals surface area contributed by atoms with Crippen LogP contribution in [-0.2, 0) is 0 Å². The molecule has 1 amide bonds. The number of primary amides is 1. The van der Waals surface area contributed by atoms with Crippen LogP contribution in [0.15, 0.2) is 24.3 Å². The van der Waals surface area contributed by atoms with E-state index in [0.717, 1.165) is 0 Å². The highest BCUT2D eigenvalue weighted by Crippen LogP contribution is 2.14. The van der Waals surface area contributed by atoms with Gasteiger partial charge in [-0.05, 0) is 12.1 Å². The normalized spacial score (nSPS) is 9.18. The third-order valence-corrected chi connectivity index (χ3v) is 1.55. The maximum absolute atomic E-state index is 10.7. The number of nitrogens with one attached hydrogen (secondary N) is 1. The number of hydrogen-bond donors (Lipinski definition) is 3. The van der Waals surface area contributed by atoms with Crippen molar-refractivity contribution in [1.29, 1.82) is 0 Å². The van der Waals surface area contributed by atoms with Crippen molar-refractivity contribution in [2.45, 2.75) is 0 Å². The molecule has 1 aromatic rings. The molecule has 0 radical (unpaired) electrons. The van der Waals surface area contributed by atoms with Crippen molar-refractivity contribution in [3.63, 3.8) is 0 Å². The second-order valence-corrected chi connectivity index (χ2v) is 2.25. The molecule has 0 saturated heterocycles. The first-order valence-corrected chi connectivity index (χ1v) is 3.49. The summed E-state index contributed by atoms with van der Waals surface area (Å²) in [7, 11) is 0. The largest absolute Gasteiger partial charge is 0.366 e. The summed E-state index contributed by atoms with van der Waals surface area (Å²) >= 11 is 3.82. The lowest BCUT2D eigenvalue weighted by molar-refractivity contribution is 0.100. The highest BCUT2D eigenvalue weighted by atomic mass is 32.1. The smallest absolute Gasteiger partial charge is 0.250 e. The fourth-order valence-corrected chi connectivity index (χ4v) is 0.990. The second kappa shape index (κ2) is 3.30. The third-order valence-electron chi connectivity index (χ3n) is 1.31. The molecule has 0 saturated carbocycles. The Kier molecular flexibility index (Phi) is 2.38. The van der Waals surface area contributed by atoms with Crippen LogP contribution in [0.5, 0.6) is 0 Å². The Hall–Kier alpha value is -1.16. The second-order valence-electron chi connectivity index (χ2n) is 2.02. The molecule has 0 atom stereocenters. The van der Waals surface area contributed by atoms with Crippen molar-refractivity contribution in [1.82, 2.24) is 0 Å². The van der Waals surface area contributed by atoms with Gasteiger partial charge >= 0.3 is 0 Å². The van der Waals surface area contributed by atoms with Crippen LogP contribution >= 0.6 is 12.8 Å². The zero-order valence-corrected chi connectivity index (χ0v) is 6.64. The van der Waals surface area contributed by atoms with Crippen LogP contribution in [0.25, 0.3) is 0 Å². The van der Waals surface area contributed by atoms with Crippen LogP contribution in [0.3, 0.4) is 0 Å². The van der Waals surface area contributed by atoms with Gasteiger partial charge in [0.15, 0.2) is 0 Å². The van der Waals surface area contributed by atoms with Gasteiger partial charge in [0, 0.05) is 0 Å². The van der Waals surface area contributed by atoms with Crippen LogP contribution in [0.2, 0.25) is 0 Å². The summed E-state index contributed by atoms with van der Waals surface area (Å²) < 4.78 is 2.57. The van der Waals surface area contributed by atoms with E-state index in [0.29, 0.717) is 11.3 Å². The summed E-state index contributed by atoms with van der Waals surface area (Å²) in [5, 5.41) is 0. The van der Waals surface area contributed by atoms with Gasteiger partial charge in [0.05, 0.1) is 11.3 Å². The molecule has 0 heterocycles. The van der Waals surface area contributed by atoms with Gasteiger partial charge in [0.1, 0.15) is 0 Å². The quantitative estimate of drug-likeness (QED) is 0.578. The van der Waals surface area contributed by atoms with E-state index >= 15 is 0 Å². The number of thiol groups is 1. The predicted molar refractivity (Wildman–Crippen MR) is 47.6 cm³/mol. The Morgan fingerprint density at radius 3 is 2.55 bits per heavy atom. The maximum atomic E-state index is 10.7. The van der Waals surface area contributed by atoms with E-state index in [1.54, 1.807) is 24.3 Å². The van der Waals surface area contributed by atoms with Gasteiger partial charge < -0.3 is 10.5 Å². The van der Waals surface area contributed by atoms with Crippen molar-refractivity contribution < 1.29 is 4.79 Å². The molecule has 0 aliphatic rings. The standard InChI is InChI=1S/C7H8N2OS/c8-7(10)5-3-1-2-4-6(5)9-11/h1-4,9,11H,(H2,8,10). The number of anilines is 1. The highest BCUT2D eigenvalue weighted by molar-refractivity contribution is 7.81. The molecule has 0 aliphatic carbocycles. The molecule has 0 aromatic heterocycles. The average molecular weight is 168 g/mol. The van der Waals surface area contributed by atoms with Gasteiger partial charge in [-0.1, -0.05) is 24.9 Å². The zero-order chi connectivity index (χ0) is 8.27. The number of benzene rings is 1. The minimum Gasteiger partial charge on any atom is -0.366 e. The maximum Gasteiger partial charge on any atom is 0.250 e. The molecular weight excluding hydrogens is 160 g/mol. The Bertz CT molecular complexity index is 275. The van der Waals surface area contributed by atoms with Crippen molar-refractivity contribution in [3.05, 3.63) is 29.8 Å². The molecule has 0 fully saturated rings. The first-order chi connectivity index (χ1) is 5.25. The summed E-state index contributed by atoms with van der Waals surface area (Å²) in [5.41, 5.74) is 6.15. The first-order valence-electron chi connectivity index (χ1n) is 3.04. The summed E-state index contributed by atoms with van der Waals surface area (Å²) in [6.45, 7) is 0. The van der Waals surface area contributed by atoms with E-state index < -0.39 is 5.91 Å². The topological polar surface area (TPSA) is 55.1 Å². The Labute approximate surface area is 70.1 Å². The van der Waals surface area contributed by atoms with Crippen LogP contribution in [0.1, 0.15) is 10.4 Å². The molecule has 58 valence electrons. The Morgan fingerprint density at radius 2 is 2.09 bits per heavy atom. The molecule has 4 heteroatoms. The minimum atomic E-state index is -0.456. The van der Waals surface area contributed by atoms with E-state index in [-0.39, 0.29) is 0 Å². The van der Waals surface area contributed by atoms with Crippen LogP contribution in [0, 0.1) is 0 Å². The van der Waals surface area contributed by atoms with Crippen molar-refractivity contribution in [2.24, 2.45) is 5.73 Å². The highest BCUT2D eigenvalue weighted by Gasteiger charge is 2.03. The molecule has 3 N–H and O–H groups in total. The average Bonchev–Trinajstić information content (AvgIpc) is 2.04. The van der Waals surface area contributed by atoms with Crippen LogP contribution < -0.4 is 10.5 Å². The molecular formula is C7H8N2OS. The van der Waals surface area contributed by atoms with E-state index in [9.17, 15) is 4.79 Å². The predicted octanol–water partition coefficient (Wildman–Crippen LogP) is 1.04. The van der Waals surface area contributed by atoms with Crippen LogP contribution in [0.4, 0.5) is 5.69 Å². The van der Waals surface area contributed by atoms with Crippen molar-refractivity contribution in [3.8, 4) is 0 Å². The van der Waals surface area contributed by atoms with E-state index in [1.807, 2.05) is 0 Å². The zero-order valence-electron chi connectivity index (χ0n) is 5.74. The summed E-state index contributed by atoms with van der Waals surface area (Å²) in [6.07, 6.45) is 0. The Balaban J connectivity index is 3.12. The monoisotopic (exact) mass is 168 g/mol. The van der Waals surface area contributed by atoms with E-state index in [2.05, 4.69) is 17.5 Å². The molecule has 0 spiro atoms. The fourth-order valence-electron chi connectivity index (χ4n) is 0.795. The van der Waals surface area contributed by atoms with Gasteiger partial charge in [0.25, 0.3) is 5.91 Å². The van der Waals surface area contributed by atoms with E-state index in [4.69, 9.17) is 5.73 Å². The number of rotatable bonds is 2. The molecule has 0 bridgehead atoms. The van der Waals surface area contributed by atoms with Gasteiger partial charge in [-0.25, -0.2) is 0 Å². The van der Waals surface area contributed by atoms with E-state index in [1.165, 1.54) is 0 Å². The van der Waals surface area contributed by atoms with Crippen molar-refractivity contribution >= 4 is 24.4 Å². The molecule has 1 aromatic carbocycles. The lowest BCUT2D eigenvalue weighted by atomic mass is 10.2. The minimum absolute atomic E-state index is 0.447. The molecule has 0 aliphatic heterocycles. The first kappa shape index (κ1) is 7.94. The van der Waals surface area contributed by atoms with Crippen molar-refractivity contribution in [2.75, 3.05) is 4.72 Å². The lowest BCUT2D eigenvalue weighted by Gasteiger charge is -2.02. The summed E-state index contributed by atoms with van der Waals surface area (Å²) in [6, 6.07) is 6.91. The number of carbonyl (C=O) groups excluding carboxylic acids is 1. The Morgan fingerprint density at radius 1 is 1.45 bits per heavy atom. The molecule has 3 nitrogen and oxygen atoms in total. The molecule has 0 unspecified atom stereocenters. The number of nitrogens with two attached hydrogens (primary N) is 1. The molecule has 11 heavy (non-hydrogen) atoms. The third kappa shape index (κ3) is 1.65. The van der Waals surface area contributed by atoms with Gasteiger partial charge in [-0.3, -0.25) is 4.79 Å². The van der Waals surface area contributed by atoms with Gasteiger partial charge in [0.2, 0.25) is 0 Å². The number of hydrogen-bond acceptors (Lipinski definition) is 3. The van der Waals surface area contributed by atoms with Gasteiger partial charge in [-0.15, -0.1) is 0 Å². The van der Waals surface area contributed by atoms with Gasteiger partial charge in [-0.2, -0.15) is 0 Å². The lowest BCUT2D eigenvalue weighted by Crippen LogP contribution is -2.12. The summed E-state index contributed by atoms with van der Waals surface area (Å²) in [4.78, 5) is 10.7.